The van der Waals surface area contributed by atoms with Crippen LogP contribution in [0.4, 0.5) is 4.79 Å². The molecule has 0 aromatic heterocycles. The predicted octanol–water partition coefficient (Wildman–Crippen LogP) is 8.79. The number of ether oxygens (including phenoxy) is 1. The third-order valence-corrected chi connectivity index (χ3v) is 6.32. The highest BCUT2D eigenvalue weighted by Gasteiger charge is 2.01. The fraction of sp³-hybridized carbons (Fsp3) is 0.929. The van der Waals surface area contributed by atoms with Crippen molar-refractivity contribution in [2.45, 2.75) is 155 Å². The van der Waals surface area contributed by atoms with Gasteiger partial charge in [0, 0.05) is 13.0 Å². The highest BCUT2D eigenvalue weighted by atomic mass is 16.5. The lowest BCUT2D eigenvalue weighted by molar-refractivity contribution is -0.137. The maximum atomic E-state index is 11.7. The van der Waals surface area contributed by atoms with Crippen LogP contribution in [0.25, 0.3) is 0 Å². The second kappa shape index (κ2) is 27.0. The summed E-state index contributed by atoms with van der Waals surface area (Å²) in [6.45, 7) is 3.50. The molecular formula is C28H55NO4. The van der Waals surface area contributed by atoms with Gasteiger partial charge in [0.25, 0.3) is 0 Å². The lowest BCUT2D eigenvalue weighted by Gasteiger charge is -2.07. The van der Waals surface area contributed by atoms with Gasteiger partial charge < -0.3 is 15.2 Å². The second-order valence-corrected chi connectivity index (χ2v) is 9.63. The number of unbranched alkanes of at least 4 members (excludes halogenated alkanes) is 20. The van der Waals surface area contributed by atoms with Crippen molar-refractivity contribution >= 4 is 12.1 Å². The molecule has 2 N–H and O–H groups in total. The molecule has 196 valence electrons. The number of carbonyl (C=O) groups excluding carboxylic acids is 1. The Balaban J connectivity index is 3.15. The molecule has 0 saturated carbocycles. The molecule has 0 aliphatic heterocycles. The molecule has 33 heavy (non-hydrogen) atoms. The van der Waals surface area contributed by atoms with Crippen LogP contribution in [-0.2, 0) is 9.53 Å². The Morgan fingerprint density at radius 3 is 1.42 bits per heavy atom. The van der Waals surface area contributed by atoms with Crippen LogP contribution in [0.5, 0.6) is 0 Å². The minimum atomic E-state index is -0.694. The number of amides is 1. The fourth-order valence-corrected chi connectivity index (χ4v) is 4.16. The molecular weight excluding hydrogens is 414 g/mol. The summed E-state index contributed by atoms with van der Waals surface area (Å²) in [6.07, 6.45) is 27.2. The number of hydrogen-bond acceptors (Lipinski definition) is 3. The average Bonchev–Trinajstić information content (AvgIpc) is 2.79. The summed E-state index contributed by atoms with van der Waals surface area (Å²) in [5.41, 5.74) is 0. The largest absolute Gasteiger partial charge is 0.481 e. The van der Waals surface area contributed by atoms with Crippen molar-refractivity contribution in [3.05, 3.63) is 0 Å². The monoisotopic (exact) mass is 469 g/mol. The summed E-state index contributed by atoms with van der Waals surface area (Å²) >= 11 is 0. The first-order valence-electron chi connectivity index (χ1n) is 14.3. The van der Waals surface area contributed by atoms with E-state index in [1.807, 2.05) is 0 Å². The second-order valence-electron chi connectivity index (χ2n) is 9.63. The third kappa shape index (κ3) is 28.7. The van der Waals surface area contributed by atoms with Crippen LogP contribution in [0.15, 0.2) is 0 Å². The van der Waals surface area contributed by atoms with Gasteiger partial charge in [-0.2, -0.15) is 0 Å². The molecule has 0 heterocycles. The van der Waals surface area contributed by atoms with Gasteiger partial charge in [0.2, 0.25) is 0 Å². The number of carboxylic acid groups (broad SMARTS) is 1. The van der Waals surface area contributed by atoms with E-state index < -0.39 is 5.97 Å². The Bertz CT molecular complexity index is 428. The topological polar surface area (TPSA) is 75.6 Å². The number of rotatable bonds is 26. The van der Waals surface area contributed by atoms with Gasteiger partial charge in [-0.3, -0.25) is 4.79 Å². The molecule has 0 radical (unpaired) electrons. The molecule has 0 saturated heterocycles. The van der Waals surface area contributed by atoms with Gasteiger partial charge in [-0.25, -0.2) is 4.79 Å². The zero-order valence-electron chi connectivity index (χ0n) is 21.8. The van der Waals surface area contributed by atoms with Crippen LogP contribution in [0.2, 0.25) is 0 Å². The summed E-state index contributed by atoms with van der Waals surface area (Å²) < 4.78 is 5.26. The molecule has 0 spiro atoms. The molecule has 0 atom stereocenters. The van der Waals surface area contributed by atoms with Crippen molar-refractivity contribution in [2.24, 2.45) is 0 Å². The van der Waals surface area contributed by atoms with Crippen molar-refractivity contribution in [1.29, 1.82) is 0 Å². The van der Waals surface area contributed by atoms with E-state index in [1.165, 1.54) is 96.3 Å². The number of carboxylic acids is 1. The lowest BCUT2D eigenvalue weighted by Crippen LogP contribution is -2.25. The van der Waals surface area contributed by atoms with E-state index in [-0.39, 0.29) is 6.09 Å². The van der Waals surface area contributed by atoms with E-state index in [0.29, 0.717) is 19.6 Å². The molecule has 0 aromatic rings. The minimum Gasteiger partial charge on any atom is -0.481 e. The Hall–Kier alpha value is -1.26. The van der Waals surface area contributed by atoms with Crippen LogP contribution >= 0.6 is 0 Å². The zero-order valence-corrected chi connectivity index (χ0v) is 21.8. The van der Waals surface area contributed by atoms with E-state index in [9.17, 15) is 9.59 Å². The summed E-state index contributed by atoms with van der Waals surface area (Å²) in [7, 11) is 0. The molecule has 5 heteroatoms. The van der Waals surface area contributed by atoms with Crippen molar-refractivity contribution in [3.63, 3.8) is 0 Å². The smallest absolute Gasteiger partial charge is 0.407 e. The van der Waals surface area contributed by atoms with Gasteiger partial charge in [0.15, 0.2) is 0 Å². The van der Waals surface area contributed by atoms with Gasteiger partial charge in [-0.15, -0.1) is 0 Å². The zero-order chi connectivity index (χ0) is 24.2. The number of alkyl carbamates (subject to hydrolysis) is 1. The average molecular weight is 470 g/mol. The quantitative estimate of drug-likeness (QED) is 0.124. The third-order valence-electron chi connectivity index (χ3n) is 6.32. The number of hydrogen-bond donors (Lipinski definition) is 2. The van der Waals surface area contributed by atoms with Crippen LogP contribution in [0.3, 0.4) is 0 Å². The number of aliphatic carboxylic acids is 1. The number of nitrogens with one attached hydrogen (secondary N) is 1. The van der Waals surface area contributed by atoms with E-state index in [0.717, 1.165) is 44.9 Å². The van der Waals surface area contributed by atoms with E-state index in [4.69, 9.17) is 9.84 Å². The summed E-state index contributed by atoms with van der Waals surface area (Å²) in [4.78, 5) is 22.1. The molecule has 1 amide bonds. The van der Waals surface area contributed by atoms with Gasteiger partial charge in [-0.05, 0) is 19.3 Å². The Labute approximate surface area is 204 Å². The normalized spacial score (nSPS) is 10.9. The summed E-state index contributed by atoms with van der Waals surface area (Å²) in [6, 6.07) is 0. The van der Waals surface area contributed by atoms with Crippen molar-refractivity contribution in [1.82, 2.24) is 5.32 Å². The number of carbonyl (C=O) groups is 2. The molecule has 0 bridgehead atoms. The van der Waals surface area contributed by atoms with Crippen LogP contribution in [-0.4, -0.2) is 30.3 Å². The first-order valence-corrected chi connectivity index (χ1v) is 14.3. The highest BCUT2D eigenvalue weighted by Crippen LogP contribution is 2.13. The van der Waals surface area contributed by atoms with Crippen LogP contribution in [0.1, 0.15) is 155 Å². The molecule has 0 aliphatic rings. The van der Waals surface area contributed by atoms with Gasteiger partial charge >= 0.3 is 12.1 Å². The van der Waals surface area contributed by atoms with E-state index in [2.05, 4.69) is 12.2 Å². The van der Waals surface area contributed by atoms with Crippen molar-refractivity contribution in [3.8, 4) is 0 Å². The Morgan fingerprint density at radius 2 is 0.970 bits per heavy atom. The summed E-state index contributed by atoms with van der Waals surface area (Å²) in [5, 5.41) is 11.4. The van der Waals surface area contributed by atoms with E-state index >= 15 is 0 Å². The van der Waals surface area contributed by atoms with Gasteiger partial charge in [-0.1, -0.05) is 129 Å². The Morgan fingerprint density at radius 1 is 0.576 bits per heavy atom. The molecule has 0 rings (SSSR count). The molecule has 0 aliphatic carbocycles. The first-order chi connectivity index (χ1) is 16.2. The Kier molecular flexibility index (Phi) is 26.0. The SMILES string of the molecule is CCCCCCCCCCCCCCCCOC(=O)NCCCCCCCCCCC(=O)O. The predicted molar refractivity (Wildman–Crippen MR) is 139 cm³/mol. The summed E-state index contributed by atoms with van der Waals surface area (Å²) in [5.74, 6) is -0.694. The first kappa shape index (κ1) is 31.7. The molecule has 0 fully saturated rings. The maximum Gasteiger partial charge on any atom is 0.407 e. The highest BCUT2D eigenvalue weighted by molar-refractivity contribution is 5.67. The van der Waals surface area contributed by atoms with Crippen LogP contribution < -0.4 is 5.32 Å². The van der Waals surface area contributed by atoms with E-state index in [1.54, 1.807) is 0 Å². The van der Waals surface area contributed by atoms with Gasteiger partial charge in [0.1, 0.15) is 0 Å². The fourth-order valence-electron chi connectivity index (χ4n) is 4.16. The molecule has 0 unspecified atom stereocenters. The molecule has 0 aromatic carbocycles. The lowest BCUT2D eigenvalue weighted by atomic mass is 10.0. The maximum absolute atomic E-state index is 11.7. The minimum absolute atomic E-state index is 0.275. The standard InChI is InChI=1S/C28H55NO4/c1-2-3-4-5-6-7-8-9-10-11-14-17-20-23-26-33-28(32)29-25-22-19-16-13-12-15-18-21-24-27(30)31/h2-26H2,1H3,(H,29,32)(H,30,31). The molecule has 5 nitrogen and oxygen atoms in total. The van der Waals surface area contributed by atoms with Crippen molar-refractivity contribution in [2.75, 3.05) is 13.2 Å². The van der Waals surface area contributed by atoms with Crippen molar-refractivity contribution < 1.29 is 19.4 Å². The van der Waals surface area contributed by atoms with Gasteiger partial charge in [0.05, 0.1) is 6.61 Å². The van der Waals surface area contributed by atoms with Crippen LogP contribution in [0, 0.1) is 0 Å².